The zero-order valence-corrected chi connectivity index (χ0v) is 16.9. The highest BCUT2D eigenvalue weighted by atomic mass is 16.5. The van der Waals surface area contributed by atoms with E-state index in [0.29, 0.717) is 11.8 Å². The van der Waals surface area contributed by atoms with E-state index >= 15 is 0 Å². The van der Waals surface area contributed by atoms with Crippen molar-refractivity contribution in [1.29, 1.82) is 0 Å². The average molecular weight is 355 g/mol. The molecule has 0 spiro atoms. The van der Waals surface area contributed by atoms with E-state index in [4.69, 9.17) is 4.74 Å². The van der Waals surface area contributed by atoms with E-state index in [1.165, 1.54) is 5.56 Å². The van der Waals surface area contributed by atoms with E-state index in [1.54, 1.807) is 0 Å². The van der Waals surface area contributed by atoms with Gasteiger partial charge in [-0.25, -0.2) is 0 Å². The van der Waals surface area contributed by atoms with Gasteiger partial charge in [-0.1, -0.05) is 71.4 Å². The molecule has 0 aromatic heterocycles. The Morgan fingerprint density at radius 2 is 1.50 bits per heavy atom. The van der Waals surface area contributed by atoms with E-state index in [1.807, 2.05) is 42.5 Å². The third-order valence-electron chi connectivity index (χ3n) is 5.99. The van der Waals surface area contributed by atoms with Gasteiger partial charge in [-0.2, -0.15) is 0 Å². The number of ether oxygens (including phenoxy) is 1. The number of benzene rings is 2. The maximum atomic E-state index is 10.2. The molecule has 2 unspecified atom stereocenters. The number of hydrogen-bond acceptors (Lipinski definition) is 2. The zero-order chi connectivity index (χ0) is 19.2. The Hall–Kier alpha value is -1.80. The first-order valence-corrected chi connectivity index (χ1v) is 9.85. The topological polar surface area (TPSA) is 29.5 Å². The van der Waals surface area contributed by atoms with Crippen LogP contribution in [0.15, 0.2) is 54.6 Å². The van der Waals surface area contributed by atoms with Crippen LogP contribution in [0.1, 0.15) is 65.4 Å². The van der Waals surface area contributed by atoms with Crippen molar-refractivity contribution in [1.82, 2.24) is 0 Å². The quantitative estimate of drug-likeness (QED) is 0.537. The molecule has 2 rings (SSSR count). The normalized spacial score (nSPS) is 15.3. The summed E-state index contributed by atoms with van der Waals surface area (Å²) >= 11 is 0. The van der Waals surface area contributed by atoms with Gasteiger partial charge in [0, 0.05) is 0 Å². The average Bonchev–Trinajstić information content (AvgIpc) is 2.62. The molecule has 0 saturated carbocycles. The fourth-order valence-corrected chi connectivity index (χ4v) is 3.47. The van der Waals surface area contributed by atoms with Crippen molar-refractivity contribution in [2.45, 2.75) is 65.9 Å². The first-order valence-electron chi connectivity index (χ1n) is 9.85. The van der Waals surface area contributed by atoms with E-state index in [-0.39, 0.29) is 11.5 Å². The SMILES string of the molecule is CCC[C@H](O)CC(C)C(C)(C)C(C)c1ccc(Oc2ccccc2)cc1. The number of hydrogen-bond donors (Lipinski definition) is 1. The summed E-state index contributed by atoms with van der Waals surface area (Å²) in [4.78, 5) is 0. The molecule has 0 aliphatic heterocycles. The molecular formula is C24H34O2. The second-order valence-electron chi connectivity index (χ2n) is 8.11. The summed E-state index contributed by atoms with van der Waals surface area (Å²) in [6.07, 6.45) is 2.59. The number of aliphatic hydroxyl groups excluding tert-OH is 1. The first-order chi connectivity index (χ1) is 12.3. The largest absolute Gasteiger partial charge is 0.457 e. The van der Waals surface area contributed by atoms with E-state index in [2.05, 4.69) is 46.8 Å². The molecule has 0 bridgehead atoms. The first kappa shape index (κ1) is 20.5. The van der Waals surface area contributed by atoms with Gasteiger partial charge in [0.05, 0.1) is 6.10 Å². The van der Waals surface area contributed by atoms with Crippen molar-refractivity contribution in [2.24, 2.45) is 11.3 Å². The van der Waals surface area contributed by atoms with Gasteiger partial charge in [0.1, 0.15) is 11.5 Å². The lowest BCUT2D eigenvalue weighted by molar-refractivity contribution is 0.0847. The summed E-state index contributed by atoms with van der Waals surface area (Å²) in [7, 11) is 0. The summed E-state index contributed by atoms with van der Waals surface area (Å²) < 4.78 is 5.89. The molecule has 2 heteroatoms. The maximum absolute atomic E-state index is 10.2. The molecule has 2 nitrogen and oxygen atoms in total. The predicted molar refractivity (Wildman–Crippen MR) is 110 cm³/mol. The van der Waals surface area contributed by atoms with Crippen molar-refractivity contribution in [3.05, 3.63) is 60.2 Å². The van der Waals surface area contributed by atoms with Crippen LogP contribution in [0.3, 0.4) is 0 Å². The molecule has 0 aliphatic carbocycles. The van der Waals surface area contributed by atoms with Crippen LogP contribution in [0, 0.1) is 11.3 Å². The minimum Gasteiger partial charge on any atom is -0.457 e. The van der Waals surface area contributed by atoms with Crippen LogP contribution in [0.4, 0.5) is 0 Å². The van der Waals surface area contributed by atoms with Gasteiger partial charge >= 0.3 is 0 Å². The molecule has 0 aliphatic rings. The molecule has 1 N–H and O–H groups in total. The second kappa shape index (κ2) is 9.23. The standard InChI is InChI=1S/C24H34O2/c1-6-10-21(25)17-18(2)24(4,5)19(3)20-13-15-23(16-14-20)26-22-11-8-7-9-12-22/h7-9,11-16,18-19,21,25H,6,10,17H2,1-5H3/t18?,19?,21-/m0/s1. The Balaban J connectivity index is 2.04. The summed E-state index contributed by atoms with van der Waals surface area (Å²) in [5.74, 6) is 2.56. The number of para-hydroxylation sites is 1. The van der Waals surface area contributed by atoms with Crippen molar-refractivity contribution in [3.8, 4) is 11.5 Å². The highest BCUT2D eigenvalue weighted by molar-refractivity contribution is 5.34. The van der Waals surface area contributed by atoms with Gasteiger partial charge in [0.2, 0.25) is 0 Å². The fourth-order valence-electron chi connectivity index (χ4n) is 3.47. The molecule has 0 amide bonds. The minimum atomic E-state index is -0.192. The molecule has 26 heavy (non-hydrogen) atoms. The molecule has 3 atom stereocenters. The number of rotatable bonds is 9. The predicted octanol–water partition coefficient (Wildman–Crippen LogP) is 6.80. The molecule has 2 aromatic rings. The van der Waals surface area contributed by atoms with Crippen molar-refractivity contribution in [3.63, 3.8) is 0 Å². The maximum Gasteiger partial charge on any atom is 0.127 e. The Labute approximate surface area is 159 Å². The lowest BCUT2D eigenvalue weighted by Crippen LogP contribution is -2.30. The zero-order valence-electron chi connectivity index (χ0n) is 16.9. The third-order valence-corrected chi connectivity index (χ3v) is 5.99. The van der Waals surface area contributed by atoms with Crippen LogP contribution in [-0.2, 0) is 0 Å². The lowest BCUT2D eigenvalue weighted by atomic mass is 9.66. The monoisotopic (exact) mass is 354 g/mol. The minimum absolute atomic E-state index is 0.108. The molecule has 142 valence electrons. The van der Waals surface area contributed by atoms with E-state index in [9.17, 15) is 5.11 Å². The Bertz CT molecular complexity index is 646. The number of aliphatic hydroxyl groups is 1. The van der Waals surface area contributed by atoms with Gasteiger partial charge in [-0.05, 0) is 59.9 Å². The van der Waals surface area contributed by atoms with Gasteiger partial charge < -0.3 is 9.84 Å². The highest BCUT2D eigenvalue weighted by Gasteiger charge is 2.33. The van der Waals surface area contributed by atoms with Crippen LogP contribution in [0.2, 0.25) is 0 Å². The summed E-state index contributed by atoms with van der Waals surface area (Å²) in [5, 5.41) is 10.2. The van der Waals surface area contributed by atoms with Crippen LogP contribution >= 0.6 is 0 Å². The second-order valence-corrected chi connectivity index (χ2v) is 8.11. The Morgan fingerprint density at radius 3 is 2.08 bits per heavy atom. The molecule has 0 saturated heterocycles. The van der Waals surface area contributed by atoms with Gasteiger partial charge in [-0.15, -0.1) is 0 Å². The van der Waals surface area contributed by atoms with Gasteiger partial charge in [0.25, 0.3) is 0 Å². The third kappa shape index (κ3) is 5.35. The van der Waals surface area contributed by atoms with Crippen molar-refractivity contribution in [2.75, 3.05) is 0 Å². The lowest BCUT2D eigenvalue weighted by Gasteiger charge is -2.39. The Kier molecular flexibility index (Phi) is 7.28. The molecular weight excluding hydrogens is 320 g/mol. The van der Waals surface area contributed by atoms with Crippen LogP contribution in [0.25, 0.3) is 0 Å². The summed E-state index contributed by atoms with van der Waals surface area (Å²) in [6.45, 7) is 11.3. The highest BCUT2D eigenvalue weighted by Crippen LogP contribution is 2.43. The van der Waals surface area contributed by atoms with Gasteiger partial charge in [0.15, 0.2) is 0 Å². The van der Waals surface area contributed by atoms with Gasteiger partial charge in [-0.3, -0.25) is 0 Å². The smallest absolute Gasteiger partial charge is 0.127 e. The fraction of sp³-hybridized carbons (Fsp3) is 0.500. The van der Waals surface area contributed by atoms with E-state index in [0.717, 1.165) is 30.8 Å². The summed E-state index contributed by atoms with van der Waals surface area (Å²) in [5.41, 5.74) is 1.42. The van der Waals surface area contributed by atoms with Crippen molar-refractivity contribution >= 4 is 0 Å². The van der Waals surface area contributed by atoms with E-state index < -0.39 is 0 Å². The Morgan fingerprint density at radius 1 is 0.923 bits per heavy atom. The van der Waals surface area contributed by atoms with Crippen LogP contribution in [-0.4, -0.2) is 11.2 Å². The van der Waals surface area contributed by atoms with Crippen LogP contribution in [0.5, 0.6) is 11.5 Å². The molecule has 2 aromatic carbocycles. The summed E-state index contributed by atoms with van der Waals surface area (Å²) in [6, 6.07) is 18.3. The van der Waals surface area contributed by atoms with Crippen LogP contribution < -0.4 is 4.74 Å². The molecule has 0 fully saturated rings. The van der Waals surface area contributed by atoms with Crippen molar-refractivity contribution < 1.29 is 9.84 Å². The molecule has 0 heterocycles. The molecule has 0 radical (unpaired) electrons.